The van der Waals surface area contributed by atoms with Crippen LogP contribution in [-0.4, -0.2) is 38.4 Å². The fourth-order valence-electron chi connectivity index (χ4n) is 3.44. The third kappa shape index (κ3) is 6.33. The van der Waals surface area contributed by atoms with Crippen LogP contribution in [0, 0.1) is 0 Å². The summed E-state index contributed by atoms with van der Waals surface area (Å²) in [5, 5.41) is 8.44. The van der Waals surface area contributed by atoms with E-state index in [1.165, 1.54) is 29.2 Å². The van der Waals surface area contributed by atoms with Gasteiger partial charge in [-0.25, -0.2) is 23.4 Å². The Labute approximate surface area is 213 Å². The number of carbonyl (C=O) groups is 1. The molecular weight excluding hydrogens is 511 g/mol. The van der Waals surface area contributed by atoms with Gasteiger partial charge in [0.05, 0.1) is 17.6 Å². The van der Waals surface area contributed by atoms with E-state index in [2.05, 4.69) is 25.7 Å². The zero-order chi connectivity index (χ0) is 27.7. The van der Waals surface area contributed by atoms with Gasteiger partial charge in [0.15, 0.2) is 11.4 Å². The van der Waals surface area contributed by atoms with E-state index >= 15 is 0 Å². The lowest BCUT2D eigenvalue weighted by atomic mass is 9.87. The molecule has 0 saturated heterocycles. The fourth-order valence-corrected chi connectivity index (χ4v) is 3.44. The summed E-state index contributed by atoms with van der Waals surface area (Å²) < 4.78 is 71.3. The van der Waals surface area contributed by atoms with Gasteiger partial charge in [-0.1, -0.05) is 32.9 Å². The summed E-state index contributed by atoms with van der Waals surface area (Å²) in [5.74, 6) is -0.987. The van der Waals surface area contributed by atoms with Crippen molar-refractivity contribution in [1.29, 1.82) is 0 Å². The molecule has 0 aliphatic rings. The minimum Gasteiger partial charge on any atom is -0.444 e. The first-order valence-corrected chi connectivity index (χ1v) is 11.3. The Morgan fingerprint density at radius 2 is 1.82 bits per heavy atom. The van der Waals surface area contributed by atoms with E-state index < -0.39 is 30.7 Å². The van der Waals surface area contributed by atoms with Crippen molar-refractivity contribution in [1.82, 2.24) is 19.7 Å². The van der Waals surface area contributed by atoms with Gasteiger partial charge >= 0.3 is 6.18 Å². The van der Waals surface area contributed by atoms with Crippen molar-refractivity contribution in [3.05, 3.63) is 72.0 Å². The van der Waals surface area contributed by atoms with Crippen LogP contribution in [0.15, 0.2) is 59.5 Å². The Bertz CT molecular complexity index is 1420. The molecule has 0 unspecified atom stereocenters. The molecular formula is C25H23F5N6O2. The summed E-state index contributed by atoms with van der Waals surface area (Å²) in [6.07, 6.45) is -3.88. The molecule has 4 aromatic rings. The molecule has 3 heterocycles. The van der Waals surface area contributed by atoms with Crippen molar-refractivity contribution in [3.8, 4) is 17.1 Å². The molecule has 0 atom stereocenters. The van der Waals surface area contributed by atoms with Crippen molar-refractivity contribution in [2.45, 2.75) is 38.8 Å². The van der Waals surface area contributed by atoms with Gasteiger partial charge in [0.2, 0.25) is 5.89 Å². The molecule has 0 fully saturated rings. The van der Waals surface area contributed by atoms with Crippen LogP contribution in [0.2, 0.25) is 0 Å². The number of nitrogens with one attached hydrogen (secondary N) is 2. The number of anilines is 2. The summed E-state index contributed by atoms with van der Waals surface area (Å²) in [5.41, 5.74) is 0.664. The number of oxazole rings is 1. The normalized spacial score (nSPS) is 12.1. The Morgan fingerprint density at radius 1 is 1.11 bits per heavy atom. The standard InChI is InChI=1S/C25H23F5N6O2/c1-24(2,3)15-4-6-16(7-5-15)36-11-17(20(35-36)21(26)27)33-22(37)18-12-38-23(34-18)14-8-9-31-19(10-14)32-13-25(28,29)30/h4-12,21H,13H2,1-3H3,(H,31,32)(H,33,37). The van der Waals surface area contributed by atoms with E-state index in [-0.39, 0.29) is 34.1 Å². The number of rotatable bonds is 7. The van der Waals surface area contributed by atoms with Crippen LogP contribution in [0.4, 0.5) is 33.5 Å². The summed E-state index contributed by atoms with van der Waals surface area (Å²) in [6, 6.07) is 9.92. The lowest BCUT2D eigenvalue weighted by Crippen LogP contribution is -2.21. The molecule has 1 amide bonds. The van der Waals surface area contributed by atoms with Crippen LogP contribution >= 0.6 is 0 Å². The number of nitrogens with zero attached hydrogens (tertiary/aromatic N) is 4. The highest BCUT2D eigenvalue weighted by Gasteiger charge is 2.27. The van der Waals surface area contributed by atoms with Gasteiger partial charge < -0.3 is 15.1 Å². The Balaban J connectivity index is 1.52. The van der Waals surface area contributed by atoms with Gasteiger partial charge in [0, 0.05) is 11.8 Å². The minimum atomic E-state index is -4.44. The maximum Gasteiger partial charge on any atom is 0.405 e. The molecule has 3 aromatic heterocycles. The fraction of sp³-hybridized carbons (Fsp3) is 0.280. The Morgan fingerprint density at radius 3 is 2.45 bits per heavy atom. The number of aromatic nitrogens is 4. The summed E-state index contributed by atoms with van der Waals surface area (Å²) >= 11 is 0. The van der Waals surface area contributed by atoms with Crippen molar-refractivity contribution in [2.75, 3.05) is 17.2 Å². The monoisotopic (exact) mass is 534 g/mol. The quantitative estimate of drug-likeness (QED) is 0.267. The van der Waals surface area contributed by atoms with Crippen molar-refractivity contribution in [3.63, 3.8) is 0 Å². The average Bonchev–Trinajstić information content (AvgIpc) is 3.50. The predicted octanol–water partition coefficient (Wildman–Crippen LogP) is 6.38. The average molecular weight is 534 g/mol. The highest BCUT2D eigenvalue weighted by Crippen LogP contribution is 2.29. The van der Waals surface area contributed by atoms with E-state index in [1.807, 2.05) is 32.9 Å². The molecule has 13 heteroatoms. The van der Waals surface area contributed by atoms with E-state index in [9.17, 15) is 26.7 Å². The van der Waals surface area contributed by atoms with Gasteiger partial charge in [-0.3, -0.25) is 4.79 Å². The second-order valence-corrected chi connectivity index (χ2v) is 9.36. The molecule has 0 saturated carbocycles. The maximum atomic E-state index is 13.7. The van der Waals surface area contributed by atoms with Crippen LogP contribution in [0.3, 0.4) is 0 Å². The molecule has 1 aromatic carbocycles. The summed E-state index contributed by atoms with van der Waals surface area (Å²) in [7, 11) is 0. The van der Waals surface area contributed by atoms with Crippen LogP contribution in [-0.2, 0) is 5.41 Å². The smallest absolute Gasteiger partial charge is 0.405 e. The van der Waals surface area contributed by atoms with Gasteiger partial charge in [0.25, 0.3) is 12.3 Å². The highest BCUT2D eigenvalue weighted by atomic mass is 19.4. The lowest BCUT2D eigenvalue weighted by molar-refractivity contribution is -0.115. The van der Waals surface area contributed by atoms with Crippen molar-refractivity contribution < 1.29 is 31.2 Å². The Hall–Kier alpha value is -4.29. The second kappa shape index (κ2) is 10.2. The van der Waals surface area contributed by atoms with Gasteiger partial charge in [-0.2, -0.15) is 18.3 Å². The van der Waals surface area contributed by atoms with Gasteiger partial charge in [-0.05, 0) is 35.2 Å². The van der Waals surface area contributed by atoms with E-state index in [1.54, 1.807) is 12.1 Å². The molecule has 38 heavy (non-hydrogen) atoms. The number of carbonyl (C=O) groups excluding carboxylic acids is 1. The van der Waals surface area contributed by atoms with Crippen LogP contribution in [0.5, 0.6) is 0 Å². The number of benzene rings is 1. The molecule has 0 spiro atoms. The molecule has 8 nitrogen and oxygen atoms in total. The second-order valence-electron chi connectivity index (χ2n) is 9.36. The van der Waals surface area contributed by atoms with Crippen LogP contribution < -0.4 is 10.6 Å². The first-order valence-electron chi connectivity index (χ1n) is 11.3. The zero-order valence-corrected chi connectivity index (χ0v) is 20.5. The SMILES string of the molecule is CC(C)(C)c1ccc(-n2cc(NC(=O)c3coc(-c4ccnc(NCC(F)(F)F)c4)n3)c(C(F)F)n2)cc1. The van der Waals surface area contributed by atoms with Crippen molar-refractivity contribution >= 4 is 17.4 Å². The molecule has 2 N–H and O–H groups in total. The number of alkyl halides is 5. The molecule has 0 radical (unpaired) electrons. The third-order valence-electron chi connectivity index (χ3n) is 5.41. The number of hydrogen-bond acceptors (Lipinski definition) is 6. The van der Waals surface area contributed by atoms with Crippen LogP contribution in [0.1, 0.15) is 48.9 Å². The van der Waals surface area contributed by atoms with E-state index in [0.717, 1.165) is 11.8 Å². The van der Waals surface area contributed by atoms with E-state index in [4.69, 9.17) is 4.42 Å². The van der Waals surface area contributed by atoms with Crippen LogP contribution in [0.25, 0.3) is 17.1 Å². The maximum absolute atomic E-state index is 13.7. The molecule has 0 aliphatic carbocycles. The first kappa shape index (κ1) is 26.8. The molecule has 0 aliphatic heterocycles. The first-order chi connectivity index (χ1) is 17.8. The van der Waals surface area contributed by atoms with Crippen molar-refractivity contribution in [2.24, 2.45) is 0 Å². The Kier molecular flexibility index (Phi) is 7.20. The summed E-state index contributed by atoms with van der Waals surface area (Å²) in [6.45, 7) is 4.86. The van der Waals surface area contributed by atoms with Gasteiger partial charge in [0.1, 0.15) is 18.6 Å². The molecule has 200 valence electrons. The zero-order valence-electron chi connectivity index (χ0n) is 20.5. The number of amides is 1. The lowest BCUT2D eigenvalue weighted by Gasteiger charge is -2.19. The summed E-state index contributed by atoms with van der Waals surface area (Å²) in [4.78, 5) is 20.6. The largest absolute Gasteiger partial charge is 0.444 e. The minimum absolute atomic E-state index is 0.0728. The molecule has 0 bridgehead atoms. The predicted molar refractivity (Wildman–Crippen MR) is 129 cm³/mol. The number of pyridine rings is 1. The van der Waals surface area contributed by atoms with Gasteiger partial charge in [-0.15, -0.1) is 0 Å². The topological polar surface area (TPSA) is 97.9 Å². The number of halogens is 5. The number of hydrogen-bond donors (Lipinski definition) is 2. The van der Waals surface area contributed by atoms with E-state index in [0.29, 0.717) is 5.69 Å². The molecule has 4 rings (SSSR count). The third-order valence-corrected chi connectivity index (χ3v) is 5.41. The highest BCUT2D eigenvalue weighted by molar-refractivity contribution is 6.03.